The number of alkyl halides is 3. The summed E-state index contributed by atoms with van der Waals surface area (Å²) in [5.74, 6) is 1.16. The molecular formula is C14H17F3N4. The highest BCUT2D eigenvalue weighted by Crippen LogP contribution is 2.23. The summed E-state index contributed by atoms with van der Waals surface area (Å²) < 4.78 is 39.0. The van der Waals surface area contributed by atoms with Gasteiger partial charge in [-0.1, -0.05) is 6.07 Å². The first-order chi connectivity index (χ1) is 10.0. The van der Waals surface area contributed by atoms with Crippen molar-refractivity contribution in [2.75, 3.05) is 31.5 Å². The summed E-state index contributed by atoms with van der Waals surface area (Å²) in [4.78, 5) is 5.68. The minimum absolute atomic E-state index is 0.242. The van der Waals surface area contributed by atoms with Crippen LogP contribution >= 0.6 is 0 Å². The number of hydrogen-bond acceptors (Lipinski definition) is 3. The Bertz CT molecular complexity index is 608. The van der Waals surface area contributed by atoms with E-state index in [1.165, 1.54) is 4.90 Å². The lowest BCUT2D eigenvalue weighted by Crippen LogP contribution is -2.33. The maximum absolute atomic E-state index is 12.4. The van der Waals surface area contributed by atoms with Crippen molar-refractivity contribution in [3.63, 3.8) is 0 Å². The monoisotopic (exact) mass is 298 g/mol. The van der Waals surface area contributed by atoms with Gasteiger partial charge in [-0.25, -0.2) is 4.98 Å². The number of imidazole rings is 1. The molecule has 0 amide bonds. The van der Waals surface area contributed by atoms with Crippen LogP contribution in [0.25, 0.3) is 5.65 Å². The molecule has 1 atom stereocenters. The zero-order chi connectivity index (χ0) is 14.9. The van der Waals surface area contributed by atoms with E-state index in [-0.39, 0.29) is 5.92 Å². The van der Waals surface area contributed by atoms with Crippen LogP contribution in [0, 0.1) is 5.92 Å². The van der Waals surface area contributed by atoms with Crippen molar-refractivity contribution in [1.82, 2.24) is 14.3 Å². The fourth-order valence-corrected chi connectivity index (χ4v) is 2.82. The number of nitrogens with one attached hydrogen (secondary N) is 1. The first kappa shape index (κ1) is 14.2. The highest BCUT2D eigenvalue weighted by molar-refractivity contribution is 5.49. The Morgan fingerprint density at radius 3 is 3.00 bits per heavy atom. The van der Waals surface area contributed by atoms with E-state index in [1.54, 1.807) is 6.20 Å². The fourth-order valence-electron chi connectivity index (χ4n) is 2.82. The molecule has 1 aliphatic heterocycles. The van der Waals surface area contributed by atoms with Gasteiger partial charge in [-0.15, -0.1) is 0 Å². The summed E-state index contributed by atoms with van der Waals surface area (Å²) in [5, 5.41) is 3.31. The lowest BCUT2D eigenvalue weighted by Gasteiger charge is -2.18. The molecule has 0 bridgehead atoms. The smallest absolute Gasteiger partial charge is 0.371 e. The topological polar surface area (TPSA) is 32.6 Å². The van der Waals surface area contributed by atoms with Gasteiger partial charge >= 0.3 is 6.18 Å². The molecule has 0 radical (unpaired) electrons. The lowest BCUT2D eigenvalue weighted by molar-refractivity contribution is -0.143. The predicted octanol–water partition coefficient (Wildman–Crippen LogP) is 2.63. The molecule has 1 unspecified atom stereocenters. The van der Waals surface area contributed by atoms with Crippen molar-refractivity contribution in [3.05, 3.63) is 30.6 Å². The number of nitrogens with zero attached hydrogens (tertiary/aromatic N) is 3. The summed E-state index contributed by atoms with van der Waals surface area (Å²) in [6.07, 6.45) is 0.275. The predicted molar refractivity (Wildman–Crippen MR) is 74.3 cm³/mol. The molecule has 21 heavy (non-hydrogen) atoms. The van der Waals surface area contributed by atoms with E-state index in [0.717, 1.165) is 17.9 Å². The minimum Gasteiger partial charge on any atom is -0.371 e. The maximum Gasteiger partial charge on any atom is 0.401 e. The first-order valence-electron chi connectivity index (χ1n) is 6.96. The van der Waals surface area contributed by atoms with Crippen LogP contribution in [0.1, 0.15) is 6.42 Å². The molecule has 7 heteroatoms. The Kier molecular flexibility index (Phi) is 3.75. The van der Waals surface area contributed by atoms with Gasteiger partial charge in [0.25, 0.3) is 0 Å². The van der Waals surface area contributed by atoms with E-state index in [4.69, 9.17) is 0 Å². The average molecular weight is 298 g/mol. The number of fused-ring (bicyclic) bond motifs is 1. The molecule has 114 valence electrons. The van der Waals surface area contributed by atoms with Gasteiger partial charge in [-0.3, -0.25) is 9.30 Å². The van der Waals surface area contributed by atoms with Gasteiger partial charge in [0, 0.05) is 25.5 Å². The second-order valence-electron chi connectivity index (χ2n) is 5.45. The van der Waals surface area contributed by atoms with Gasteiger partial charge in [0.05, 0.1) is 6.54 Å². The Hall–Kier alpha value is -1.76. The number of aromatic nitrogens is 2. The Morgan fingerprint density at radius 1 is 1.33 bits per heavy atom. The van der Waals surface area contributed by atoms with Gasteiger partial charge in [0.15, 0.2) is 0 Å². The van der Waals surface area contributed by atoms with Crippen LogP contribution in [0.2, 0.25) is 0 Å². The van der Waals surface area contributed by atoms with Crippen LogP contribution in [0.5, 0.6) is 0 Å². The molecule has 3 heterocycles. The van der Waals surface area contributed by atoms with E-state index >= 15 is 0 Å². The first-order valence-corrected chi connectivity index (χ1v) is 6.96. The molecule has 1 fully saturated rings. The van der Waals surface area contributed by atoms with E-state index in [2.05, 4.69) is 10.3 Å². The van der Waals surface area contributed by atoms with Gasteiger partial charge < -0.3 is 5.32 Å². The highest BCUT2D eigenvalue weighted by Gasteiger charge is 2.34. The molecule has 2 aromatic rings. The summed E-state index contributed by atoms with van der Waals surface area (Å²) >= 11 is 0. The molecule has 0 aromatic carbocycles. The second-order valence-corrected chi connectivity index (χ2v) is 5.45. The molecule has 4 nitrogen and oxygen atoms in total. The third-order valence-corrected chi connectivity index (χ3v) is 3.77. The maximum atomic E-state index is 12.4. The van der Waals surface area contributed by atoms with Gasteiger partial charge in [-0.05, 0) is 31.0 Å². The molecule has 1 aliphatic rings. The number of rotatable bonds is 4. The summed E-state index contributed by atoms with van der Waals surface area (Å²) in [6, 6.07) is 5.76. The van der Waals surface area contributed by atoms with Crippen molar-refractivity contribution in [1.29, 1.82) is 0 Å². The van der Waals surface area contributed by atoms with Crippen molar-refractivity contribution in [3.8, 4) is 0 Å². The summed E-state index contributed by atoms with van der Waals surface area (Å²) in [5.41, 5.74) is 0.852. The van der Waals surface area contributed by atoms with Crippen molar-refractivity contribution in [2.24, 2.45) is 5.92 Å². The largest absolute Gasteiger partial charge is 0.401 e. The normalized spacial score (nSPS) is 20.2. The zero-order valence-electron chi connectivity index (χ0n) is 11.5. The van der Waals surface area contributed by atoms with E-state index in [1.807, 2.05) is 28.8 Å². The third-order valence-electron chi connectivity index (χ3n) is 3.77. The Morgan fingerprint density at radius 2 is 2.19 bits per heavy atom. The molecule has 0 aliphatic carbocycles. The highest BCUT2D eigenvalue weighted by atomic mass is 19.4. The van der Waals surface area contributed by atoms with E-state index in [9.17, 15) is 13.2 Å². The van der Waals surface area contributed by atoms with Crippen molar-refractivity contribution in [2.45, 2.75) is 12.6 Å². The minimum atomic E-state index is -4.11. The molecule has 0 spiro atoms. The summed E-state index contributed by atoms with van der Waals surface area (Å²) in [6.45, 7) is 0.875. The fraction of sp³-hybridized carbons (Fsp3) is 0.500. The molecule has 3 rings (SSSR count). The number of likely N-dealkylation sites (tertiary alicyclic amines) is 1. The molecule has 1 N–H and O–H groups in total. The number of anilines is 1. The van der Waals surface area contributed by atoms with Crippen molar-refractivity contribution < 1.29 is 13.2 Å². The molecular weight excluding hydrogens is 281 g/mol. The number of hydrogen-bond donors (Lipinski definition) is 1. The Labute approximate surface area is 120 Å². The number of pyridine rings is 1. The van der Waals surface area contributed by atoms with Crippen LogP contribution in [0.15, 0.2) is 30.6 Å². The summed E-state index contributed by atoms with van der Waals surface area (Å²) in [7, 11) is 0. The van der Waals surface area contributed by atoms with Crippen LogP contribution < -0.4 is 5.32 Å². The molecule has 1 saturated heterocycles. The van der Waals surface area contributed by atoms with Crippen molar-refractivity contribution >= 4 is 11.5 Å². The zero-order valence-corrected chi connectivity index (χ0v) is 11.5. The van der Waals surface area contributed by atoms with Crippen LogP contribution in [-0.2, 0) is 0 Å². The number of halogens is 3. The third kappa shape index (κ3) is 3.47. The second kappa shape index (κ2) is 5.55. The molecule has 0 saturated carbocycles. The quantitative estimate of drug-likeness (QED) is 0.942. The average Bonchev–Trinajstić information content (AvgIpc) is 3.03. The standard InChI is InChI=1S/C14H17F3N4/c15-14(16,17)10-20-6-4-11(9-20)8-19-13-3-1-2-12-18-5-7-21(12)13/h1-3,5,7,11,19H,4,6,8-10H2. The SMILES string of the molecule is FC(F)(F)CN1CCC(CNc2cccc3nccn23)C1. The van der Waals surface area contributed by atoms with Crippen LogP contribution in [0.4, 0.5) is 19.0 Å². The van der Waals surface area contributed by atoms with Crippen LogP contribution in [-0.4, -0.2) is 46.6 Å². The lowest BCUT2D eigenvalue weighted by atomic mass is 10.1. The van der Waals surface area contributed by atoms with Gasteiger partial charge in [0.1, 0.15) is 11.5 Å². The van der Waals surface area contributed by atoms with Crippen LogP contribution in [0.3, 0.4) is 0 Å². The van der Waals surface area contributed by atoms with E-state index < -0.39 is 12.7 Å². The molecule has 2 aromatic heterocycles. The van der Waals surface area contributed by atoms with Gasteiger partial charge in [0.2, 0.25) is 0 Å². The Balaban J connectivity index is 1.56. The van der Waals surface area contributed by atoms with E-state index in [0.29, 0.717) is 19.6 Å². The van der Waals surface area contributed by atoms with Gasteiger partial charge in [-0.2, -0.15) is 13.2 Å².